The number of allylic oxidation sites excluding steroid dienone is 1. The maximum atomic E-state index is 6.35. The summed E-state index contributed by atoms with van der Waals surface area (Å²) in [7, 11) is 0. The van der Waals surface area contributed by atoms with Gasteiger partial charge < -0.3 is 13.7 Å². The lowest BCUT2D eigenvalue weighted by molar-refractivity contribution is 0.668. The topological polar surface area (TPSA) is 54.2 Å². The molecule has 2 aliphatic heterocycles. The standard InChI is InChI=1S/C50H33N3O2/c1-2-14-35(15-3-1)53-44-22-9-6-17-37(44)36-16-5-4-13-32(36)29-45(53)50-51-42(33-25-27-40-38-18-7-10-23-46(38)54-48(40)30-33)20-12-21-43(52-50)34-26-28-41-39-19-8-11-24-47(39)55-49(41)31-34/h1-19,22-28,30-31,45H,20,29H2. The fourth-order valence-electron chi connectivity index (χ4n) is 8.31. The molecule has 7 aromatic carbocycles. The monoisotopic (exact) mass is 707 g/mol. The van der Waals surface area contributed by atoms with E-state index in [0.717, 1.165) is 72.1 Å². The van der Waals surface area contributed by atoms with Crippen molar-refractivity contribution in [3.8, 4) is 11.1 Å². The van der Waals surface area contributed by atoms with Crippen molar-refractivity contribution in [3.63, 3.8) is 0 Å². The lowest BCUT2D eigenvalue weighted by Gasteiger charge is -2.33. The minimum Gasteiger partial charge on any atom is -0.456 e. The quantitative estimate of drug-likeness (QED) is 0.171. The first-order valence-corrected chi connectivity index (χ1v) is 18.7. The van der Waals surface area contributed by atoms with Crippen molar-refractivity contribution in [2.45, 2.75) is 18.9 Å². The molecule has 1 atom stereocenters. The lowest BCUT2D eigenvalue weighted by Crippen LogP contribution is -2.39. The minimum atomic E-state index is -0.262. The summed E-state index contributed by atoms with van der Waals surface area (Å²) in [6, 6.07) is 56.9. The molecule has 2 aromatic heterocycles. The number of fused-ring (bicyclic) bond motifs is 9. The number of para-hydroxylation sites is 4. The molecular formula is C50H33N3O2. The Balaban J connectivity index is 1.13. The Morgan fingerprint density at radius 2 is 1.13 bits per heavy atom. The van der Waals surface area contributed by atoms with Gasteiger partial charge in [0.15, 0.2) is 5.84 Å². The average molecular weight is 708 g/mol. The lowest BCUT2D eigenvalue weighted by atomic mass is 9.96. The molecule has 0 N–H and O–H groups in total. The van der Waals surface area contributed by atoms with Crippen LogP contribution in [-0.4, -0.2) is 17.6 Å². The van der Waals surface area contributed by atoms with Gasteiger partial charge in [-0.05, 0) is 71.8 Å². The molecular weight excluding hydrogens is 675 g/mol. The van der Waals surface area contributed by atoms with E-state index in [1.165, 1.54) is 16.7 Å². The van der Waals surface area contributed by atoms with Gasteiger partial charge in [0.2, 0.25) is 0 Å². The summed E-state index contributed by atoms with van der Waals surface area (Å²) in [5.41, 5.74) is 16.4. The first kappa shape index (κ1) is 31.3. The molecule has 11 rings (SSSR count). The number of amidine groups is 1. The van der Waals surface area contributed by atoms with Crippen LogP contribution in [0.2, 0.25) is 0 Å². The Hall–Kier alpha value is -7.20. The average Bonchev–Trinajstić information content (AvgIpc) is 3.74. The number of hydrogen-bond acceptors (Lipinski definition) is 5. The van der Waals surface area contributed by atoms with Crippen LogP contribution in [0.5, 0.6) is 0 Å². The van der Waals surface area contributed by atoms with Gasteiger partial charge in [0.25, 0.3) is 0 Å². The van der Waals surface area contributed by atoms with Gasteiger partial charge in [0.05, 0.1) is 11.8 Å². The predicted molar refractivity (Wildman–Crippen MR) is 225 cm³/mol. The molecule has 0 radical (unpaired) electrons. The summed E-state index contributed by atoms with van der Waals surface area (Å²) in [5, 5.41) is 4.37. The maximum absolute atomic E-state index is 6.35. The molecule has 260 valence electrons. The van der Waals surface area contributed by atoms with Gasteiger partial charge in [0.1, 0.15) is 28.0 Å². The molecule has 1 unspecified atom stereocenters. The van der Waals surface area contributed by atoms with Crippen LogP contribution >= 0.6 is 0 Å². The molecule has 0 amide bonds. The summed E-state index contributed by atoms with van der Waals surface area (Å²) in [6.07, 6.45) is 3.30. The van der Waals surface area contributed by atoms with Crippen LogP contribution in [0.4, 0.5) is 11.4 Å². The number of benzene rings is 7. The zero-order valence-electron chi connectivity index (χ0n) is 29.8. The van der Waals surface area contributed by atoms with Gasteiger partial charge in [-0.25, -0.2) is 9.98 Å². The van der Waals surface area contributed by atoms with Crippen molar-refractivity contribution < 1.29 is 8.83 Å². The normalized spacial score (nSPS) is 15.6. The van der Waals surface area contributed by atoms with Crippen LogP contribution in [-0.2, 0) is 6.42 Å². The fourth-order valence-corrected chi connectivity index (χ4v) is 8.31. The van der Waals surface area contributed by atoms with Gasteiger partial charge >= 0.3 is 0 Å². The van der Waals surface area contributed by atoms with Gasteiger partial charge in [-0.3, -0.25) is 0 Å². The largest absolute Gasteiger partial charge is 0.456 e. The van der Waals surface area contributed by atoms with Crippen molar-refractivity contribution in [2.75, 3.05) is 4.90 Å². The number of rotatable bonds is 4. The van der Waals surface area contributed by atoms with Gasteiger partial charge in [0, 0.05) is 62.5 Å². The third kappa shape index (κ3) is 5.33. The highest BCUT2D eigenvalue weighted by atomic mass is 16.3. The molecule has 0 saturated carbocycles. The van der Waals surface area contributed by atoms with Crippen LogP contribution in [0.3, 0.4) is 0 Å². The van der Waals surface area contributed by atoms with Crippen molar-refractivity contribution >= 4 is 72.5 Å². The Labute approximate surface area is 317 Å². The Morgan fingerprint density at radius 3 is 1.89 bits per heavy atom. The molecule has 5 nitrogen and oxygen atoms in total. The first-order valence-electron chi connectivity index (χ1n) is 18.7. The number of nitrogens with zero attached hydrogens (tertiary/aromatic N) is 3. The van der Waals surface area contributed by atoms with Crippen LogP contribution in [0, 0.1) is 0 Å². The zero-order valence-corrected chi connectivity index (χ0v) is 29.8. The minimum absolute atomic E-state index is 0.262. The molecule has 5 heteroatoms. The summed E-state index contributed by atoms with van der Waals surface area (Å²) < 4.78 is 12.7. The molecule has 9 aromatic rings. The first-order chi connectivity index (χ1) is 27.2. The second-order valence-electron chi connectivity index (χ2n) is 14.1. The molecule has 0 fully saturated rings. The smallest absolute Gasteiger partial charge is 0.153 e. The van der Waals surface area contributed by atoms with Crippen molar-refractivity contribution in [3.05, 3.63) is 192 Å². The predicted octanol–water partition coefficient (Wildman–Crippen LogP) is 12.7. The number of aliphatic imine (C=N–C) groups is 2. The van der Waals surface area contributed by atoms with E-state index < -0.39 is 0 Å². The molecule has 0 bridgehead atoms. The molecule has 0 aliphatic carbocycles. The van der Waals surface area contributed by atoms with Gasteiger partial charge in [-0.1, -0.05) is 115 Å². The summed E-state index contributed by atoms with van der Waals surface area (Å²) in [6.45, 7) is 0. The molecule has 55 heavy (non-hydrogen) atoms. The van der Waals surface area contributed by atoms with Gasteiger partial charge in [-0.15, -0.1) is 0 Å². The highest BCUT2D eigenvalue weighted by molar-refractivity contribution is 6.15. The fraction of sp³-hybridized carbons (Fsp3) is 0.0600. The summed E-state index contributed by atoms with van der Waals surface area (Å²) >= 11 is 0. The van der Waals surface area contributed by atoms with Crippen LogP contribution in [0.25, 0.3) is 60.7 Å². The number of anilines is 2. The molecule has 0 spiro atoms. The van der Waals surface area contributed by atoms with E-state index >= 15 is 0 Å². The van der Waals surface area contributed by atoms with Crippen LogP contribution in [0.1, 0.15) is 23.1 Å². The van der Waals surface area contributed by atoms with E-state index in [4.69, 9.17) is 18.8 Å². The summed E-state index contributed by atoms with van der Waals surface area (Å²) in [4.78, 5) is 13.5. The Bertz CT molecular complexity index is 3100. The van der Waals surface area contributed by atoms with Crippen molar-refractivity contribution in [2.24, 2.45) is 9.98 Å². The Morgan fingerprint density at radius 1 is 0.527 bits per heavy atom. The van der Waals surface area contributed by atoms with E-state index in [1.54, 1.807) is 0 Å². The maximum Gasteiger partial charge on any atom is 0.153 e. The Kier molecular flexibility index (Phi) is 7.26. The molecule has 0 saturated heterocycles. The zero-order chi connectivity index (χ0) is 36.3. The third-order valence-corrected chi connectivity index (χ3v) is 10.9. The number of furan rings is 2. The van der Waals surface area contributed by atoms with E-state index in [1.807, 2.05) is 36.4 Å². The van der Waals surface area contributed by atoms with E-state index in [2.05, 4.69) is 144 Å². The second-order valence-corrected chi connectivity index (χ2v) is 14.1. The van der Waals surface area contributed by atoms with E-state index in [-0.39, 0.29) is 6.04 Å². The third-order valence-electron chi connectivity index (χ3n) is 10.9. The highest BCUT2D eigenvalue weighted by Gasteiger charge is 2.33. The SMILES string of the molecule is C1=CCC(c2ccc3c(c2)oc2ccccc23)=NC(C2Cc3ccccc3-c3ccccc3N2c2ccccc2)=NC=1c1ccc2c(c1)oc1ccccc12. The van der Waals surface area contributed by atoms with Crippen molar-refractivity contribution in [1.29, 1.82) is 0 Å². The van der Waals surface area contributed by atoms with Crippen LogP contribution < -0.4 is 4.90 Å². The van der Waals surface area contributed by atoms with Crippen LogP contribution in [0.15, 0.2) is 194 Å². The second kappa shape index (κ2) is 12.7. The number of hydrogen-bond donors (Lipinski definition) is 0. The van der Waals surface area contributed by atoms with Crippen molar-refractivity contribution in [1.82, 2.24) is 0 Å². The molecule has 4 heterocycles. The molecule has 2 aliphatic rings. The van der Waals surface area contributed by atoms with E-state index in [0.29, 0.717) is 24.4 Å². The highest BCUT2D eigenvalue weighted by Crippen LogP contribution is 2.43. The van der Waals surface area contributed by atoms with E-state index in [9.17, 15) is 0 Å². The summed E-state index contributed by atoms with van der Waals surface area (Å²) in [5.74, 6) is 0.704. The van der Waals surface area contributed by atoms with Gasteiger partial charge in [-0.2, -0.15) is 0 Å².